The van der Waals surface area contributed by atoms with Crippen molar-refractivity contribution in [1.82, 2.24) is 5.32 Å². The third kappa shape index (κ3) is 3.21. The molecular formula is C18H21NO3. The van der Waals surface area contributed by atoms with Gasteiger partial charge in [-0.25, -0.2) is 4.79 Å². The summed E-state index contributed by atoms with van der Waals surface area (Å²) in [5, 5.41) is 12.1. The van der Waals surface area contributed by atoms with Crippen LogP contribution in [0.25, 0.3) is 0 Å². The molecule has 116 valence electrons. The van der Waals surface area contributed by atoms with Crippen molar-refractivity contribution in [2.75, 3.05) is 0 Å². The number of hydrogen-bond donors (Lipinski definition) is 2. The van der Waals surface area contributed by atoms with E-state index >= 15 is 0 Å². The monoisotopic (exact) mass is 299 g/mol. The van der Waals surface area contributed by atoms with Crippen LogP contribution in [-0.2, 0) is 16.0 Å². The highest BCUT2D eigenvalue weighted by molar-refractivity contribution is 5.85. The van der Waals surface area contributed by atoms with E-state index in [9.17, 15) is 14.7 Å². The average Bonchev–Trinajstić information content (AvgIpc) is 2.56. The predicted molar refractivity (Wildman–Crippen MR) is 83.2 cm³/mol. The third-order valence-corrected chi connectivity index (χ3v) is 4.81. The molecule has 0 radical (unpaired) electrons. The molecule has 4 rings (SSSR count). The molecule has 1 aromatic rings. The maximum atomic E-state index is 12.5. The number of nitrogens with one attached hydrogen (secondary N) is 1. The first-order valence-electron chi connectivity index (χ1n) is 7.89. The summed E-state index contributed by atoms with van der Waals surface area (Å²) in [4.78, 5) is 23.9. The van der Waals surface area contributed by atoms with E-state index in [2.05, 4.69) is 17.5 Å². The number of aliphatic carboxylic acids is 1. The van der Waals surface area contributed by atoms with Crippen LogP contribution < -0.4 is 5.32 Å². The molecule has 0 heterocycles. The Balaban J connectivity index is 1.65. The van der Waals surface area contributed by atoms with E-state index in [1.165, 1.54) is 0 Å². The molecule has 4 heteroatoms. The van der Waals surface area contributed by atoms with Crippen LogP contribution in [0.3, 0.4) is 0 Å². The molecule has 4 nitrogen and oxygen atoms in total. The van der Waals surface area contributed by atoms with Gasteiger partial charge in [-0.15, -0.1) is 0 Å². The lowest BCUT2D eigenvalue weighted by molar-refractivity contribution is -0.143. The number of carboxylic acid groups (broad SMARTS) is 1. The highest BCUT2D eigenvalue weighted by atomic mass is 16.4. The zero-order chi connectivity index (χ0) is 15.5. The van der Waals surface area contributed by atoms with E-state index in [0.717, 1.165) is 24.8 Å². The Bertz CT molecular complexity index is 581. The second-order valence-corrected chi connectivity index (χ2v) is 6.32. The lowest BCUT2D eigenvalue weighted by Gasteiger charge is -2.37. The number of allylic oxidation sites excluding steroid dienone is 2. The molecule has 1 amide bonds. The molecule has 0 aromatic heterocycles. The molecule has 1 fully saturated rings. The van der Waals surface area contributed by atoms with Crippen molar-refractivity contribution >= 4 is 11.9 Å². The Hall–Kier alpha value is -2.10. The lowest BCUT2D eigenvalue weighted by atomic mass is 9.69. The summed E-state index contributed by atoms with van der Waals surface area (Å²) in [6.07, 6.45) is 7.70. The number of carboxylic acids is 1. The van der Waals surface area contributed by atoms with Crippen molar-refractivity contribution in [3.05, 3.63) is 48.0 Å². The lowest BCUT2D eigenvalue weighted by Crippen LogP contribution is -2.48. The standard InChI is InChI=1S/C18H21NO3/c20-17(15-10-13-6-8-14(15)9-7-13)19-16(18(21)22)11-12-4-2-1-3-5-12/h1-6,8,13-16H,7,9-11H2,(H,19,20)(H,21,22)/t13-,14+,15-,16-/m1/s1. The summed E-state index contributed by atoms with van der Waals surface area (Å²) in [5.74, 6) is -0.396. The van der Waals surface area contributed by atoms with Crippen LogP contribution in [0.2, 0.25) is 0 Å². The zero-order valence-electron chi connectivity index (χ0n) is 12.4. The Kier molecular flexibility index (Phi) is 4.27. The fourth-order valence-corrected chi connectivity index (χ4v) is 3.56. The normalized spacial score (nSPS) is 27.4. The van der Waals surface area contributed by atoms with E-state index in [-0.39, 0.29) is 17.7 Å². The number of carbonyl (C=O) groups excluding carboxylic acids is 1. The second kappa shape index (κ2) is 6.34. The number of fused-ring (bicyclic) bond motifs is 2. The molecule has 0 unspecified atom stereocenters. The number of rotatable bonds is 5. The minimum Gasteiger partial charge on any atom is -0.480 e. The number of amides is 1. The van der Waals surface area contributed by atoms with Gasteiger partial charge in [0.1, 0.15) is 6.04 Å². The molecule has 4 atom stereocenters. The summed E-state index contributed by atoms with van der Waals surface area (Å²) >= 11 is 0. The predicted octanol–water partition coefficient (Wildman–Crippen LogP) is 2.40. The second-order valence-electron chi connectivity index (χ2n) is 6.32. The summed E-state index contributed by atoms with van der Waals surface area (Å²) in [6, 6.07) is 8.55. The fourth-order valence-electron chi connectivity index (χ4n) is 3.56. The molecule has 0 saturated heterocycles. The van der Waals surface area contributed by atoms with Crippen molar-refractivity contribution in [3.8, 4) is 0 Å². The van der Waals surface area contributed by atoms with Crippen molar-refractivity contribution in [2.24, 2.45) is 17.8 Å². The summed E-state index contributed by atoms with van der Waals surface area (Å²) in [6.45, 7) is 0. The Labute approximate surface area is 130 Å². The maximum Gasteiger partial charge on any atom is 0.326 e. The molecule has 1 saturated carbocycles. The smallest absolute Gasteiger partial charge is 0.326 e. The first-order valence-corrected chi connectivity index (χ1v) is 7.89. The Morgan fingerprint density at radius 2 is 1.95 bits per heavy atom. The Morgan fingerprint density at radius 3 is 2.50 bits per heavy atom. The SMILES string of the molecule is O=C(O)[C@@H](Cc1ccccc1)NC(=O)[C@@H]1C[C@@H]2C=C[C@H]1CC2. The van der Waals surface area contributed by atoms with Crippen molar-refractivity contribution in [1.29, 1.82) is 0 Å². The van der Waals surface area contributed by atoms with Gasteiger partial charge < -0.3 is 10.4 Å². The van der Waals surface area contributed by atoms with Gasteiger partial charge in [-0.3, -0.25) is 4.79 Å². The quantitative estimate of drug-likeness (QED) is 0.821. The van der Waals surface area contributed by atoms with Gasteiger partial charge in [0.2, 0.25) is 5.91 Å². The van der Waals surface area contributed by atoms with Crippen LogP contribution >= 0.6 is 0 Å². The van der Waals surface area contributed by atoms with Gasteiger partial charge in [0.05, 0.1) is 0 Å². The van der Waals surface area contributed by atoms with E-state index in [1.54, 1.807) is 0 Å². The molecule has 1 aromatic carbocycles. The van der Waals surface area contributed by atoms with Gasteiger partial charge in [0.15, 0.2) is 0 Å². The molecule has 0 aliphatic heterocycles. The van der Waals surface area contributed by atoms with Crippen LogP contribution in [0.5, 0.6) is 0 Å². The largest absolute Gasteiger partial charge is 0.480 e. The van der Waals surface area contributed by atoms with Crippen LogP contribution in [0.1, 0.15) is 24.8 Å². The number of hydrogen-bond acceptors (Lipinski definition) is 2. The van der Waals surface area contributed by atoms with Crippen LogP contribution in [0, 0.1) is 17.8 Å². The minimum atomic E-state index is -0.978. The molecule has 2 bridgehead atoms. The van der Waals surface area contributed by atoms with E-state index < -0.39 is 12.0 Å². The van der Waals surface area contributed by atoms with Gasteiger partial charge >= 0.3 is 5.97 Å². The molecule has 22 heavy (non-hydrogen) atoms. The average molecular weight is 299 g/mol. The van der Waals surface area contributed by atoms with Gasteiger partial charge in [0.25, 0.3) is 0 Å². The van der Waals surface area contributed by atoms with E-state index in [4.69, 9.17) is 0 Å². The molecule has 3 aliphatic carbocycles. The van der Waals surface area contributed by atoms with Crippen molar-refractivity contribution in [3.63, 3.8) is 0 Å². The number of carbonyl (C=O) groups is 2. The van der Waals surface area contributed by atoms with Gasteiger partial charge in [-0.1, -0.05) is 42.5 Å². The molecule has 0 spiro atoms. The maximum absolute atomic E-state index is 12.5. The zero-order valence-corrected chi connectivity index (χ0v) is 12.4. The van der Waals surface area contributed by atoms with Crippen LogP contribution in [0.4, 0.5) is 0 Å². The van der Waals surface area contributed by atoms with E-state index in [1.807, 2.05) is 30.3 Å². The first-order chi connectivity index (χ1) is 10.6. The van der Waals surface area contributed by atoms with Gasteiger partial charge in [-0.05, 0) is 36.7 Å². The molecular weight excluding hydrogens is 278 g/mol. The minimum absolute atomic E-state index is 0.0682. The number of benzene rings is 1. The molecule has 3 aliphatic rings. The van der Waals surface area contributed by atoms with Crippen LogP contribution in [0.15, 0.2) is 42.5 Å². The van der Waals surface area contributed by atoms with Crippen molar-refractivity contribution in [2.45, 2.75) is 31.7 Å². The highest BCUT2D eigenvalue weighted by Gasteiger charge is 2.37. The van der Waals surface area contributed by atoms with Gasteiger partial charge in [0, 0.05) is 12.3 Å². The fraction of sp³-hybridized carbons (Fsp3) is 0.444. The van der Waals surface area contributed by atoms with Crippen LogP contribution in [-0.4, -0.2) is 23.0 Å². The summed E-state index contributed by atoms with van der Waals surface area (Å²) in [5.41, 5.74) is 0.917. The van der Waals surface area contributed by atoms with Gasteiger partial charge in [-0.2, -0.15) is 0 Å². The first kappa shape index (κ1) is 14.8. The highest BCUT2D eigenvalue weighted by Crippen LogP contribution is 2.40. The van der Waals surface area contributed by atoms with Crippen molar-refractivity contribution < 1.29 is 14.7 Å². The Morgan fingerprint density at radius 1 is 1.18 bits per heavy atom. The van der Waals surface area contributed by atoms with E-state index in [0.29, 0.717) is 12.3 Å². The molecule has 2 N–H and O–H groups in total. The third-order valence-electron chi connectivity index (χ3n) is 4.81. The topological polar surface area (TPSA) is 66.4 Å². The summed E-state index contributed by atoms with van der Waals surface area (Å²) < 4.78 is 0. The summed E-state index contributed by atoms with van der Waals surface area (Å²) in [7, 11) is 0.